The summed E-state index contributed by atoms with van der Waals surface area (Å²) in [5.74, 6) is 6.14. The number of hydrazine groups is 1. The van der Waals surface area contributed by atoms with E-state index in [2.05, 4.69) is 5.10 Å². The molecule has 2 rings (SSSR count). The van der Waals surface area contributed by atoms with Crippen LogP contribution >= 0.6 is 0 Å². The van der Waals surface area contributed by atoms with Crippen molar-refractivity contribution in [1.82, 2.24) is 5.12 Å². The van der Waals surface area contributed by atoms with Crippen LogP contribution in [0.25, 0.3) is 0 Å². The lowest BCUT2D eigenvalue weighted by atomic mass is 10.2. The van der Waals surface area contributed by atoms with Crippen molar-refractivity contribution in [2.75, 3.05) is 0 Å². The Labute approximate surface area is 113 Å². The van der Waals surface area contributed by atoms with Crippen molar-refractivity contribution in [2.24, 2.45) is 10.9 Å². The SMILES string of the molecule is CC1=CC(N(N)/N=C2/C=CC=CC2)=C(O)C(C)=CC1. The molecule has 0 unspecified atom stereocenters. The molecule has 4 heteroatoms. The third-order valence-electron chi connectivity index (χ3n) is 3.08. The van der Waals surface area contributed by atoms with E-state index >= 15 is 0 Å². The average molecular weight is 257 g/mol. The first-order valence-electron chi connectivity index (χ1n) is 6.31. The van der Waals surface area contributed by atoms with Gasteiger partial charge >= 0.3 is 0 Å². The van der Waals surface area contributed by atoms with Crippen LogP contribution in [0.2, 0.25) is 0 Å². The number of aliphatic hydroxyl groups excluding tert-OH is 1. The maximum absolute atomic E-state index is 10.2. The van der Waals surface area contributed by atoms with Gasteiger partial charge in [-0.1, -0.05) is 29.9 Å². The minimum absolute atomic E-state index is 0.180. The minimum Gasteiger partial charge on any atom is -0.505 e. The van der Waals surface area contributed by atoms with E-state index in [0.29, 0.717) is 5.70 Å². The number of rotatable bonds is 2. The molecule has 2 aliphatic rings. The topological polar surface area (TPSA) is 61.8 Å². The van der Waals surface area contributed by atoms with Crippen molar-refractivity contribution in [3.63, 3.8) is 0 Å². The Morgan fingerprint density at radius 2 is 2.05 bits per heavy atom. The maximum atomic E-state index is 10.2. The summed E-state index contributed by atoms with van der Waals surface area (Å²) in [5.41, 5.74) is 3.34. The molecule has 0 aromatic heterocycles. The fourth-order valence-corrected chi connectivity index (χ4v) is 1.92. The highest BCUT2D eigenvalue weighted by Gasteiger charge is 2.14. The zero-order valence-electron chi connectivity index (χ0n) is 11.3. The van der Waals surface area contributed by atoms with Gasteiger partial charge < -0.3 is 5.11 Å². The van der Waals surface area contributed by atoms with Gasteiger partial charge in [0, 0.05) is 6.42 Å². The van der Waals surface area contributed by atoms with Crippen molar-refractivity contribution in [1.29, 1.82) is 0 Å². The summed E-state index contributed by atoms with van der Waals surface area (Å²) < 4.78 is 0. The first-order chi connectivity index (χ1) is 9.08. The molecule has 0 fully saturated rings. The smallest absolute Gasteiger partial charge is 0.145 e. The van der Waals surface area contributed by atoms with E-state index in [1.807, 2.05) is 50.3 Å². The summed E-state index contributed by atoms with van der Waals surface area (Å²) in [6.45, 7) is 3.87. The van der Waals surface area contributed by atoms with E-state index in [-0.39, 0.29) is 5.76 Å². The number of hydrogen-bond acceptors (Lipinski definition) is 4. The molecule has 0 aliphatic heterocycles. The fraction of sp³-hybridized carbons (Fsp3) is 0.267. The second-order valence-electron chi connectivity index (χ2n) is 4.74. The van der Waals surface area contributed by atoms with Crippen molar-refractivity contribution < 1.29 is 5.11 Å². The van der Waals surface area contributed by atoms with Crippen molar-refractivity contribution in [3.05, 3.63) is 59.1 Å². The third-order valence-corrected chi connectivity index (χ3v) is 3.08. The van der Waals surface area contributed by atoms with Gasteiger partial charge in [0.25, 0.3) is 0 Å². The number of aliphatic hydroxyl groups is 1. The van der Waals surface area contributed by atoms with E-state index in [9.17, 15) is 5.11 Å². The van der Waals surface area contributed by atoms with E-state index in [4.69, 9.17) is 5.84 Å². The van der Waals surface area contributed by atoms with Crippen LogP contribution in [0.4, 0.5) is 0 Å². The largest absolute Gasteiger partial charge is 0.505 e. The van der Waals surface area contributed by atoms with Gasteiger partial charge in [0.15, 0.2) is 0 Å². The second kappa shape index (κ2) is 5.71. The Bertz CT molecular complexity index is 548. The third kappa shape index (κ3) is 3.23. The Kier molecular flexibility index (Phi) is 4.02. The van der Waals surface area contributed by atoms with Crippen LogP contribution in [0.5, 0.6) is 0 Å². The maximum Gasteiger partial charge on any atom is 0.145 e. The Morgan fingerprint density at radius 1 is 1.26 bits per heavy atom. The van der Waals surface area contributed by atoms with Crippen LogP contribution in [-0.4, -0.2) is 15.9 Å². The summed E-state index contributed by atoms with van der Waals surface area (Å²) in [7, 11) is 0. The predicted molar refractivity (Wildman–Crippen MR) is 78.1 cm³/mol. The number of nitrogens with zero attached hydrogens (tertiary/aromatic N) is 2. The van der Waals surface area contributed by atoms with Gasteiger partial charge in [0.05, 0.1) is 5.71 Å². The van der Waals surface area contributed by atoms with Crippen LogP contribution in [0.15, 0.2) is 64.2 Å². The van der Waals surface area contributed by atoms with Gasteiger partial charge in [0.1, 0.15) is 11.5 Å². The van der Waals surface area contributed by atoms with Gasteiger partial charge in [-0.25, -0.2) is 5.84 Å². The molecule has 0 aromatic carbocycles. The van der Waals surface area contributed by atoms with Gasteiger partial charge in [0.2, 0.25) is 0 Å². The van der Waals surface area contributed by atoms with E-state index in [1.54, 1.807) is 0 Å². The molecule has 0 saturated carbocycles. The Balaban J connectivity index is 2.31. The second-order valence-corrected chi connectivity index (χ2v) is 4.74. The number of hydrogen-bond donors (Lipinski definition) is 2. The molecule has 100 valence electrons. The van der Waals surface area contributed by atoms with Gasteiger partial charge in [-0.05, 0) is 38.0 Å². The lowest BCUT2D eigenvalue weighted by molar-refractivity contribution is 0.341. The lowest BCUT2D eigenvalue weighted by Gasteiger charge is -2.17. The molecular weight excluding hydrogens is 238 g/mol. The molecule has 0 bridgehead atoms. The molecule has 19 heavy (non-hydrogen) atoms. The Morgan fingerprint density at radius 3 is 2.74 bits per heavy atom. The molecular formula is C15H19N3O. The number of hydrazone groups is 1. The minimum atomic E-state index is 0.180. The van der Waals surface area contributed by atoms with E-state index < -0.39 is 0 Å². The fourth-order valence-electron chi connectivity index (χ4n) is 1.92. The number of nitrogens with two attached hydrogens (primary N) is 1. The van der Waals surface area contributed by atoms with E-state index in [1.165, 1.54) is 5.12 Å². The molecule has 0 saturated heterocycles. The summed E-state index contributed by atoms with van der Waals surface area (Å²) in [6, 6.07) is 0. The standard InChI is InChI=1S/C15H19N3O/c1-11-8-9-12(2)15(19)14(10-11)18(16)17-13-6-4-3-5-7-13/h3-6,9-10,19H,7-8,16H2,1-2H3/b17-13-. The molecule has 0 radical (unpaired) electrons. The highest BCUT2D eigenvalue weighted by molar-refractivity contribution is 5.97. The van der Waals surface area contributed by atoms with Crippen molar-refractivity contribution in [3.8, 4) is 0 Å². The Hall–Kier alpha value is -2.07. The summed E-state index contributed by atoms with van der Waals surface area (Å²) in [6.07, 6.45) is 13.2. The molecule has 0 amide bonds. The molecule has 0 aromatic rings. The van der Waals surface area contributed by atoms with Crippen LogP contribution in [-0.2, 0) is 0 Å². The quantitative estimate of drug-likeness (QED) is 0.590. The first-order valence-corrected chi connectivity index (χ1v) is 6.31. The van der Waals surface area contributed by atoms with Crippen molar-refractivity contribution in [2.45, 2.75) is 26.7 Å². The average Bonchev–Trinajstić information content (AvgIpc) is 2.53. The first kappa shape index (κ1) is 13.4. The summed E-state index contributed by atoms with van der Waals surface area (Å²) in [4.78, 5) is 0. The highest BCUT2D eigenvalue weighted by Crippen LogP contribution is 2.22. The molecule has 3 N–H and O–H groups in total. The van der Waals surface area contributed by atoms with Crippen LogP contribution in [0.3, 0.4) is 0 Å². The molecule has 0 heterocycles. The van der Waals surface area contributed by atoms with Crippen LogP contribution in [0, 0.1) is 0 Å². The van der Waals surface area contributed by atoms with Crippen LogP contribution in [0.1, 0.15) is 26.7 Å². The van der Waals surface area contributed by atoms with E-state index in [0.717, 1.165) is 29.7 Å². The number of allylic oxidation sites excluding steroid dienone is 8. The zero-order valence-corrected chi connectivity index (χ0v) is 11.3. The van der Waals surface area contributed by atoms with Gasteiger partial charge in [-0.2, -0.15) is 10.2 Å². The summed E-state index contributed by atoms with van der Waals surface area (Å²) in [5, 5.41) is 15.7. The normalized spacial score (nSPS) is 21.3. The van der Waals surface area contributed by atoms with Crippen LogP contribution < -0.4 is 5.84 Å². The zero-order chi connectivity index (χ0) is 13.8. The molecule has 0 spiro atoms. The highest BCUT2D eigenvalue weighted by atomic mass is 16.3. The molecule has 0 atom stereocenters. The predicted octanol–water partition coefficient (Wildman–Crippen LogP) is 3.10. The summed E-state index contributed by atoms with van der Waals surface area (Å²) >= 11 is 0. The molecule has 2 aliphatic carbocycles. The van der Waals surface area contributed by atoms with Gasteiger partial charge in [-0.15, -0.1) is 0 Å². The lowest BCUT2D eigenvalue weighted by Crippen LogP contribution is -2.26. The monoisotopic (exact) mass is 257 g/mol. The van der Waals surface area contributed by atoms with Crippen molar-refractivity contribution >= 4 is 5.71 Å². The molecule has 4 nitrogen and oxygen atoms in total. The van der Waals surface area contributed by atoms with Gasteiger partial charge in [-0.3, -0.25) is 0 Å².